The highest BCUT2D eigenvalue weighted by Gasteiger charge is 2.19. The second kappa shape index (κ2) is 8.79. The SMILES string of the molecule is CC(CCC(=O)O)CNC(=O)NCC1CCCCN1C. The Hall–Kier alpha value is -1.30. The molecule has 3 N–H and O–H groups in total. The topological polar surface area (TPSA) is 81.7 Å². The molecule has 2 amide bonds. The van der Waals surface area contributed by atoms with Crippen molar-refractivity contribution in [3.63, 3.8) is 0 Å². The van der Waals surface area contributed by atoms with E-state index < -0.39 is 5.97 Å². The van der Waals surface area contributed by atoms with Crippen molar-refractivity contribution in [3.05, 3.63) is 0 Å². The number of likely N-dealkylation sites (N-methyl/N-ethyl adjacent to an activating group) is 1. The van der Waals surface area contributed by atoms with Crippen LogP contribution in [-0.2, 0) is 4.79 Å². The molecule has 0 saturated carbocycles. The zero-order chi connectivity index (χ0) is 15.0. The Balaban J connectivity index is 2.12. The predicted octanol–water partition coefficient (Wildman–Crippen LogP) is 1.27. The van der Waals surface area contributed by atoms with Crippen LogP contribution in [0.15, 0.2) is 0 Å². The molecule has 20 heavy (non-hydrogen) atoms. The summed E-state index contributed by atoms with van der Waals surface area (Å²) >= 11 is 0. The minimum Gasteiger partial charge on any atom is -0.481 e. The van der Waals surface area contributed by atoms with Crippen molar-refractivity contribution < 1.29 is 14.7 Å². The van der Waals surface area contributed by atoms with Crippen LogP contribution in [-0.4, -0.2) is 54.7 Å². The third-order valence-corrected chi connectivity index (χ3v) is 3.88. The van der Waals surface area contributed by atoms with E-state index >= 15 is 0 Å². The third-order valence-electron chi connectivity index (χ3n) is 3.88. The number of hydrogen-bond acceptors (Lipinski definition) is 3. The Morgan fingerprint density at radius 3 is 2.75 bits per heavy atom. The van der Waals surface area contributed by atoms with Crippen molar-refractivity contribution in [1.82, 2.24) is 15.5 Å². The number of rotatable bonds is 7. The van der Waals surface area contributed by atoms with Crippen LogP contribution >= 0.6 is 0 Å². The smallest absolute Gasteiger partial charge is 0.314 e. The second-order valence-corrected chi connectivity index (χ2v) is 5.76. The molecule has 0 aromatic heterocycles. The largest absolute Gasteiger partial charge is 0.481 e. The van der Waals surface area contributed by atoms with Crippen LogP contribution in [0, 0.1) is 5.92 Å². The summed E-state index contributed by atoms with van der Waals surface area (Å²) in [5, 5.41) is 14.3. The number of carboxylic acid groups (broad SMARTS) is 1. The van der Waals surface area contributed by atoms with Crippen LogP contribution in [0.25, 0.3) is 0 Å². The third kappa shape index (κ3) is 6.75. The van der Waals surface area contributed by atoms with Gasteiger partial charge in [0.1, 0.15) is 0 Å². The van der Waals surface area contributed by atoms with E-state index in [1.807, 2.05) is 6.92 Å². The molecule has 1 fully saturated rings. The first-order chi connectivity index (χ1) is 9.49. The number of likely N-dealkylation sites (tertiary alicyclic amines) is 1. The Kier molecular flexibility index (Phi) is 7.36. The van der Waals surface area contributed by atoms with Gasteiger partial charge >= 0.3 is 12.0 Å². The van der Waals surface area contributed by atoms with E-state index in [9.17, 15) is 9.59 Å². The number of urea groups is 1. The zero-order valence-corrected chi connectivity index (χ0v) is 12.5. The molecule has 6 nitrogen and oxygen atoms in total. The van der Waals surface area contributed by atoms with Crippen molar-refractivity contribution in [2.75, 3.05) is 26.7 Å². The lowest BCUT2D eigenvalue weighted by atomic mass is 10.0. The van der Waals surface area contributed by atoms with Crippen molar-refractivity contribution >= 4 is 12.0 Å². The number of aliphatic carboxylic acids is 1. The zero-order valence-electron chi connectivity index (χ0n) is 12.5. The van der Waals surface area contributed by atoms with E-state index in [4.69, 9.17) is 5.11 Å². The molecule has 0 spiro atoms. The molecule has 1 saturated heterocycles. The maximum absolute atomic E-state index is 11.7. The summed E-state index contributed by atoms with van der Waals surface area (Å²) in [6.07, 6.45) is 4.33. The van der Waals surface area contributed by atoms with Crippen molar-refractivity contribution in [3.8, 4) is 0 Å². The molecule has 0 aromatic carbocycles. The van der Waals surface area contributed by atoms with Gasteiger partial charge in [-0.2, -0.15) is 0 Å². The van der Waals surface area contributed by atoms with E-state index in [-0.39, 0.29) is 18.4 Å². The average Bonchev–Trinajstić information content (AvgIpc) is 2.42. The van der Waals surface area contributed by atoms with E-state index in [0.717, 1.165) is 13.0 Å². The van der Waals surface area contributed by atoms with Gasteiger partial charge in [0.05, 0.1) is 0 Å². The second-order valence-electron chi connectivity index (χ2n) is 5.76. The highest BCUT2D eigenvalue weighted by Crippen LogP contribution is 2.13. The quantitative estimate of drug-likeness (QED) is 0.658. The first kappa shape index (κ1) is 16.8. The van der Waals surface area contributed by atoms with Crippen molar-refractivity contribution in [2.45, 2.75) is 45.1 Å². The molecule has 2 unspecified atom stereocenters. The number of piperidine rings is 1. The van der Waals surface area contributed by atoms with Gasteiger partial charge < -0.3 is 20.6 Å². The van der Waals surface area contributed by atoms with Crippen LogP contribution in [0.5, 0.6) is 0 Å². The minimum atomic E-state index is -0.790. The Labute approximate surface area is 120 Å². The van der Waals surface area contributed by atoms with Crippen LogP contribution in [0.1, 0.15) is 39.0 Å². The lowest BCUT2D eigenvalue weighted by molar-refractivity contribution is -0.137. The van der Waals surface area contributed by atoms with Gasteiger partial charge in [0.25, 0.3) is 0 Å². The van der Waals surface area contributed by atoms with Crippen molar-refractivity contribution in [2.24, 2.45) is 5.92 Å². The number of nitrogens with one attached hydrogen (secondary N) is 2. The maximum atomic E-state index is 11.7. The summed E-state index contributed by atoms with van der Waals surface area (Å²) in [5.41, 5.74) is 0. The molecule has 0 bridgehead atoms. The predicted molar refractivity (Wildman–Crippen MR) is 77.7 cm³/mol. The number of amides is 2. The molecular formula is C14H27N3O3. The number of carbonyl (C=O) groups is 2. The number of carbonyl (C=O) groups excluding carboxylic acids is 1. The molecule has 1 rings (SSSR count). The fraction of sp³-hybridized carbons (Fsp3) is 0.857. The van der Waals surface area contributed by atoms with Crippen LogP contribution in [0.2, 0.25) is 0 Å². The van der Waals surface area contributed by atoms with Gasteiger partial charge in [-0.15, -0.1) is 0 Å². The molecule has 116 valence electrons. The Morgan fingerprint density at radius 1 is 1.35 bits per heavy atom. The van der Waals surface area contributed by atoms with Gasteiger partial charge in [0.15, 0.2) is 0 Å². The van der Waals surface area contributed by atoms with Crippen LogP contribution in [0.3, 0.4) is 0 Å². The van der Waals surface area contributed by atoms with Gasteiger partial charge in [0.2, 0.25) is 0 Å². The molecule has 1 aliphatic heterocycles. The van der Waals surface area contributed by atoms with Crippen molar-refractivity contribution in [1.29, 1.82) is 0 Å². The van der Waals surface area contributed by atoms with Gasteiger partial charge in [-0.1, -0.05) is 13.3 Å². The molecule has 0 aromatic rings. The van der Waals surface area contributed by atoms with Gasteiger partial charge in [-0.05, 0) is 38.8 Å². The fourth-order valence-corrected chi connectivity index (χ4v) is 2.41. The summed E-state index contributed by atoms with van der Waals surface area (Å²) in [6, 6.07) is 0.269. The lowest BCUT2D eigenvalue weighted by Gasteiger charge is -2.32. The Morgan fingerprint density at radius 2 is 2.10 bits per heavy atom. The molecule has 1 heterocycles. The monoisotopic (exact) mass is 285 g/mol. The van der Waals surface area contributed by atoms with Gasteiger partial charge in [0, 0.05) is 25.6 Å². The number of nitrogens with zero attached hydrogens (tertiary/aromatic N) is 1. The molecule has 2 atom stereocenters. The molecule has 6 heteroatoms. The minimum absolute atomic E-state index is 0.150. The summed E-state index contributed by atoms with van der Waals surface area (Å²) in [7, 11) is 2.09. The number of carboxylic acids is 1. The number of hydrogen-bond donors (Lipinski definition) is 3. The average molecular weight is 285 g/mol. The first-order valence-electron chi connectivity index (χ1n) is 7.42. The summed E-state index contributed by atoms with van der Waals surface area (Å²) < 4.78 is 0. The fourth-order valence-electron chi connectivity index (χ4n) is 2.41. The first-order valence-corrected chi connectivity index (χ1v) is 7.42. The van der Waals surface area contributed by atoms with E-state index in [1.54, 1.807) is 0 Å². The standard InChI is InChI=1S/C14H27N3O3/c1-11(6-7-13(18)19)9-15-14(20)16-10-12-5-3-4-8-17(12)2/h11-12H,3-10H2,1-2H3,(H,18,19)(H2,15,16,20). The Bertz CT molecular complexity index is 323. The molecule has 0 aliphatic carbocycles. The van der Waals surface area contributed by atoms with Gasteiger partial charge in [-0.3, -0.25) is 4.79 Å². The normalized spacial score (nSPS) is 21.2. The summed E-state index contributed by atoms with van der Waals surface area (Å²) in [5.74, 6) is -0.615. The summed E-state index contributed by atoms with van der Waals surface area (Å²) in [4.78, 5) is 24.4. The maximum Gasteiger partial charge on any atom is 0.314 e. The van der Waals surface area contributed by atoms with E-state index in [1.165, 1.54) is 12.8 Å². The van der Waals surface area contributed by atoms with E-state index in [2.05, 4.69) is 22.6 Å². The van der Waals surface area contributed by atoms with Gasteiger partial charge in [-0.25, -0.2) is 4.79 Å². The highest BCUT2D eigenvalue weighted by molar-refractivity contribution is 5.73. The summed E-state index contributed by atoms with van der Waals surface area (Å²) in [6.45, 7) is 4.23. The molecule has 0 radical (unpaired) electrons. The van der Waals surface area contributed by atoms with Crippen LogP contribution in [0.4, 0.5) is 4.79 Å². The molecular weight excluding hydrogens is 258 g/mol. The lowest BCUT2D eigenvalue weighted by Crippen LogP contribution is -2.47. The van der Waals surface area contributed by atoms with E-state index in [0.29, 0.717) is 25.6 Å². The highest BCUT2D eigenvalue weighted by atomic mass is 16.4. The molecule has 1 aliphatic rings. The van der Waals surface area contributed by atoms with Crippen LogP contribution < -0.4 is 10.6 Å².